The van der Waals surface area contributed by atoms with Crippen molar-refractivity contribution < 1.29 is 4.92 Å². The molecule has 19 heavy (non-hydrogen) atoms. The summed E-state index contributed by atoms with van der Waals surface area (Å²) in [6, 6.07) is 3.40. The van der Waals surface area contributed by atoms with Crippen LogP contribution in [0.1, 0.15) is 25.5 Å². The first-order chi connectivity index (χ1) is 8.99. The maximum absolute atomic E-state index is 11.1. The van der Waals surface area contributed by atoms with Gasteiger partial charge in [-0.1, -0.05) is 0 Å². The SMILES string of the molecule is Cc1ccc([N+](=O)[O-])c(N2CCC(C(C)N)CC2)n1. The second kappa shape index (κ2) is 5.52. The van der Waals surface area contributed by atoms with Crippen molar-refractivity contribution >= 4 is 11.5 Å². The lowest BCUT2D eigenvalue weighted by Crippen LogP contribution is -2.40. The van der Waals surface area contributed by atoms with Crippen molar-refractivity contribution in [3.05, 3.63) is 27.9 Å². The molecule has 6 nitrogen and oxygen atoms in total. The van der Waals surface area contributed by atoms with Gasteiger partial charge in [-0.25, -0.2) is 4.98 Å². The molecule has 1 saturated heterocycles. The third-order valence-electron chi connectivity index (χ3n) is 3.77. The van der Waals surface area contributed by atoms with E-state index in [1.165, 1.54) is 6.07 Å². The van der Waals surface area contributed by atoms with Crippen LogP contribution >= 0.6 is 0 Å². The first-order valence-corrected chi connectivity index (χ1v) is 6.61. The molecule has 0 saturated carbocycles. The van der Waals surface area contributed by atoms with Gasteiger partial charge in [0.1, 0.15) is 0 Å². The van der Waals surface area contributed by atoms with Crippen molar-refractivity contribution in [3.63, 3.8) is 0 Å². The molecule has 1 fully saturated rings. The van der Waals surface area contributed by atoms with Gasteiger partial charge in [-0.2, -0.15) is 0 Å². The van der Waals surface area contributed by atoms with E-state index >= 15 is 0 Å². The number of hydrogen-bond donors (Lipinski definition) is 1. The molecule has 1 unspecified atom stereocenters. The lowest BCUT2D eigenvalue weighted by atomic mass is 9.91. The fraction of sp³-hybridized carbons (Fsp3) is 0.615. The normalized spacial score (nSPS) is 18.4. The van der Waals surface area contributed by atoms with Crippen molar-refractivity contribution in [1.82, 2.24) is 4.98 Å². The zero-order valence-electron chi connectivity index (χ0n) is 11.4. The van der Waals surface area contributed by atoms with E-state index in [1.807, 2.05) is 18.7 Å². The molecule has 1 aromatic rings. The highest BCUT2D eigenvalue weighted by molar-refractivity contribution is 5.58. The number of anilines is 1. The molecule has 1 atom stereocenters. The number of nitrogens with zero attached hydrogens (tertiary/aromatic N) is 3. The van der Waals surface area contributed by atoms with Crippen LogP contribution in [0.5, 0.6) is 0 Å². The van der Waals surface area contributed by atoms with E-state index in [2.05, 4.69) is 4.98 Å². The zero-order chi connectivity index (χ0) is 14.0. The first-order valence-electron chi connectivity index (χ1n) is 6.61. The molecule has 104 valence electrons. The Morgan fingerprint density at radius 1 is 1.47 bits per heavy atom. The predicted molar refractivity (Wildman–Crippen MR) is 74.2 cm³/mol. The van der Waals surface area contributed by atoms with Crippen molar-refractivity contribution in [2.24, 2.45) is 11.7 Å². The van der Waals surface area contributed by atoms with Crippen LogP contribution in [0.25, 0.3) is 0 Å². The second-order valence-electron chi connectivity index (χ2n) is 5.24. The Hall–Kier alpha value is -1.69. The maximum Gasteiger partial charge on any atom is 0.311 e. The highest BCUT2D eigenvalue weighted by Gasteiger charge is 2.27. The molecule has 1 aliphatic heterocycles. The van der Waals surface area contributed by atoms with Gasteiger partial charge in [0.2, 0.25) is 5.82 Å². The lowest BCUT2D eigenvalue weighted by Gasteiger charge is -2.34. The molecular formula is C13H20N4O2. The molecule has 0 amide bonds. The molecule has 0 spiro atoms. The van der Waals surface area contributed by atoms with Gasteiger partial charge in [0.15, 0.2) is 0 Å². The van der Waals surface area contributed by atoms with Gasteiger partial charge in [0.05, 0.1) is 4.92 Å². The van der Waals surface area contributed by atoms with Gasteiger partial charge in [0.25, 0.3) is 0 Å². The first kappa shape index (κ1) is 13.7. The van der Waals surface area contributed by atoms with Gasteiger partial charge >= 0.3 is 5.69 Å². The van der Waals surface area contributed by atoms with E-state index in [0.29, 0.717) is 11.7 Å². The minimum absolute atomic E-state index is 0.0878. The quantitative estimate of drug-likeness (QED) is 0.665. The number of nitro groups is 1. The van der Waals surface area contributed by atoms with Gasteiger partial charge in [-0.05, 0) is 38.7 Å². The Kier molecular flexibility index (Phi) is 3.99. The average molecular weight is 264 g/mol. The summed E-state index contributed by atoms with van der Waals surface area (Å²) in [5.74, 6) is 0.994. The summed E-state index contributed by atoms with van der Waals surface area (Å²) in [4.78, 5) is 17.1. The number of aryl methyl sites for hydroxylation is 1. The van der Waals surface area contributed by atoms with Gasteiger partial charge < -0.3 is 10.6 Å². The number of hydrogen-bond acceptors (Lipinski definition) is 5. The van der Waals surface area contributed by atoms with Crippen LogP contribution in [0.4, 0.5) is 11.5 Å². The van der Waals surface area contributed by atoms with E-state index < -0.39 is 0 Å². The third-order valence-corrected chi connectivity index (χ3v) is 3.77. The predicted octanol–water partition coefficient (Wildman–Crippen LogP) is 1.86. The molecule has 2 heterocycles. The van der Waals surface area contributed by atoms with E-state index in [9.17, 15) is 10.1 Å². The molecule has 0 bridgehead atoms. The maximum atomic E-state index is 11.1. The van der Waals surface area contributed by atoms with E-state index in [-0.39, 0.29) is 16.7 Å². The highest BCUT2D eigenvalue weighted by Crippen LogP contribution is 2.30. The summed E-state index contributed by atoms with van der Waals surface area (Å²) < 4.78 is 0. The standard InChI is InChI=1S/C13H20N4O2/c1-9-3-4-12(17(18)19)13(15-9)16-7-5-11(6-8-16)10(2)14/h3-4,10-11H,5-8,14H2,1-2H3. The number of piperidine rings is 1. The van der Waals surface area contributed by atoms with Crippen LogP contribution < -0.4 is 10.6 Å². The smallest absolute Gasteiger partial charge is 0.311 e. The fourth-order valence-corrected chi connectivity index (χ4v) is 2.55. The summed E-state index contributed by atoms with van der Waals surface area (Å²) in [5, 5.41) is 11.1. The average Bonchev–Trinajstić information content (AvgIpc) is 2.38. The van der Waals surface area contributed by atoms with Gasteiger partial charge in [-0.3, -0.25) is 10.1 Å². The van der Waals surface area contributed by atoms with Crippen LogP contribution in [0.2, 0.25) is 0 Å². The van der Waals surface area contributed by atoms with Crippen LogP contribution in [-0.4, -0.2) is 29.0 Å². The van der Waals surface area contributed by atoms with Crippen LogP contribution in [-0.2, 0) is 0 Å². The second-order valence-corrected chi connectivity index (χ2v) is 5.24. The fourth-order valence-electron chi connectivity index (χ4n) is 2.55. The monoisotopic (exact) mass is 264 g/mol. The number of aromatic nitrogens is 1. The highest BCUT2D eigenvalue weighted by atomic mass is 16.6. The molecule has 0 aliphatic carbocycles. The summed E-state index contributed by atoms with van der Waals surface area (Å²) in [7, 11) is 0. The number of pyridine rings is 1. The molecule has 1 aromatic heterocycles. The Labute approximate surface area is 112 Å². The van der Waals surface area contributed by atoms with Crippen molar-refractivity contribution in [2.45, 2.75) is 32.7 Å². The zero-order valence-corrected chi connectivity index (χ0v) is 11.4. The molecule has 2 N–H and O–H groups in total. The molecule has 6 heteroatoms. The third kappa shape index (κ3) is 3.01. The molecule has 2 rings (SSSR count). The van der Waals surface area contributed by atoms with E-state index in [1.54, 1.807) is 6.07 Å². The number of nitrogens with two attached hydrogens (primary N) is 1. The van der Waals surface area contributed by atoms with Crippen molar-refractivity contribution in [3.8, 4) is 0 Å². The van der Waals surface area contributed by atoms with Crippen LogP contribution in [0.15, 0.2) is 12.1 Å². The lowest BCUT2D eigenvalue weighted by molar-refractivity contribution is -0.384. The molecule has 1 aliphatic rings. The van der Waals surface area contributed by atoms with E-state index in [4.69, 9.17) is 5.73 Å². The van der Waals surface area contributed by atoms with E-state index in [0.717, 1.165) is 31.6 Å². The minimum Gasteiger partial charge on any atom is -0.351 e. The molecular weight excluding hydrogens is 244 g/mol. The topological polar surface area (TPSA) is 85.3 Å². The number of rotatable bonds is 3. The molecule has 0 radical (unpaired) electrons. The largest absolute Gasteiger partial charge is 0.351 e. The Balaban J connectivity index is 2.19. The summed E-state index contributed by atoms with van der Waals surface area (Å²) in [5.41, 5.74) is 6.80. The van der Waals surface area contributed by atoms with Crippen LogP contribution in [0, 0.1) is 23.0 Å². The van der Waals surface area contributed by atoms with Crippen molar-refractivity contribution in [2.75, 3.05) is 18.0 Å². The summed E-state index contributed by atoms with van der Waals surface area (Å²) >= 11 is 0. The van der Waals surface area contributed by atoms with Gasteiger partial charge in [-0.15, -0.1) is 0 Å². The Morgan fingerprint density at radius 2 is 2.11 bits per heavy atom. The Morgan fingerprint density at radius 3 is 2.63 bits per heavy atom. The molecule has 0 aromatic carbocycles. The van der Waals surface area contributed by atoms with Gasteiger partial charge in [0, 0.05) is 30.9 Å². The summed E-state index contributed by atoms with van der Waals surface area (Å²) in [6.45, 7) is 5.43. The summed E-state index contributed by atoms with van der Waals surface area (Å²) in [6.07, 6.45) is 1.93. The van der Waals surface area contributed by atoms with Crippen molar-refractivity contribution in [1.29, 1.82) is 0 Å². The minimum atomic E-state index is -0.362. The van der Waals surface area contributed by atoms with Crippen LogP contribution in [0.3, 0.4) is 0 Å². The Bertz CT molecular complexity index is 468.